The van der Waals surface area contributed by atoms with E-state index in [1.54, 1.807) is 18.5 Å². The Morgan fingerprint density at radius 3 is 3.00 bits per heavy atom. The molecule has 1 amide bonds. The number of aromatic nitrogens is 3. The smallest absolute Gasteiger partial charge is 0.251 e. The SMILES string of the molecule is O=C(NCCc1c[nH]c2cnc(Cl)cc12)c1ccnc(NC2CCC2)c1. The van der Waals surface area contributed by atoms with Crippen molar-refractivity contribution in [3.63, 3.8) is 0 Å². The minimum atomic E-state index is -0.0939. The highest BCUT2D eigenvalue weighted by Gasteiger charge is 2.17. The molecule has 134 valence electrons. The summed E-state index contributed by atoms with van der Waals surface area (Å²) in [5.74, 6) is 0.671. The molecule has 0 aliphatic heterocycles. The molecule has 1 saturated carbocycles. The lowest BCUT2D eigenvalue weighted by Gasteiger charge is -2.26. The maximum Gasteiger partial charge on any atom is 0.251 e. The monoisotopic (exact) mass is 369 g/mol. The van der Waals surface area contributed by atoms with Gasteiger partial charge in [-0.2, -0.15) is 0 Å². The summed E-state index contributed by atoms with van der Waals surface area (Å²) in [5, 5.41) is 7.83. The second-order valence-electron chi connectivity index (χ2n) is 6.57. The number of carbonyl (C=O) groups excluding carboxylic acids is 1. The normalized spacial score (nSPS) is 14.2. The summed E-state index contributed by atoms with van der Waals surface area (Å²) in [6, 6.07) is 5.87. The van der Waals surface area contributed by atoms with Gasteiger partial charge in [0, 0.05) is 35.9 Å². The number of halogens is 1. The second kappa shape index (κ2) is 7.33. The van der Waals surface area contributed by atoms with Crippen LogP contribution in [-0.4, -0.2) is 33.4 Å². The minimum absolute atomic E-state index is 0.0939. The van der Waals surface area contributed by atoms with E-state index in [0.717, 1.165) is 22.3 Å². The zero-order valence-corrected chi connectivity index (χ0v) is 15.0. The standard InChI is InChI=1S/C19H20ClN5O/c20-17-9-15-13(10-23-16(15)11-24-17)5-7-22-19(26)12-4-6-21-18(8-12)25-14-2-1-3-14/h4,6,8-11,14,23H,1-3,5,7H2,(H,21,25)(H,22,26). The Kier molecular flexibility index (Phi) is 4.75. The number of hydrogen-bond donors (Lipinski definition) is 3. The number of H-pyrrole nitrogens is 1. The summed E-state index contributed by atoms with van der Waals surface area (Å²) in [5.41, 5.74) is 2.66. The third-order valence-corrected chi connectivity index (χ3v) is 4.98. The fraction of sp³-hybridized carbons (Fsp3) is 0.316. The first-order chi connectivity index (χ1) is 12.7. The van der Waals surface area contributed by atoms with Gasteiger partial charge in [-0.1, -0.05) is 11.6 Å². The Labute approximate surface area is 156 Å². The molecule has 6 nitrogen and oxygen atoms in total. The van der Waals surface area contributed by atoms with Crippen molar-refractivity contribution in [3.8, 4) is 0 Å². The van der Waals surface area contributed by atoms with Gasteiger partial charge in [0.25, 0.3) is 5.91 Å². The van der Waals surface area contributed by atoms with Crippen molar-refractivity contribution in [2.75, 3.05) is 11.9 Å². The molecule has 3 aromatic heterocycles. The predicted molar refractivity (Wildman–Crippen MR) is 103 cm³/mol. The van der Waals surface area contributed by atoms with Crippen LogP contribution in [0.15, 0.2) is 36.8 Å². The molecule has 1 aliphatic rings. The topological polar surface area (TPSA) is 82.7 Å². The van der Waals surface area contributed by atoms with Gasteiger partial charge in [-0.3, -0.25) is 4.79 Å². The lowest BCUT2D eigenvalue weighted by Crippen LogP contribution is -2.28. The predicted octanol–water partition coefficient (Wildman–Crippen LogP) is 3.55. The molecule has 4 rings (SSSR count). The first-order valence-electron chi connectivity index (χ1n) is 8.81. The number of nitrogens with one attached hydrogen (secondary N) is 3. The number of nitrogens with zero attached hydrogens (tertiary/aromatic N) is 2. The molecule has 26 heavy (non-hydrogen) atoms. The highest BCUT2D eigenvalue weighted by molar-refractivity contribution is 6.30. The second-order valence-corrected chi connectivity index (χ2v) is 6.96. The van der Waals surface area contributed by atoms with E-state index < -0.39 is 0 Å². The van der Waals surface area contributed by atoms with Gasteiger partial charge in [0.05, 0.1) is 11.7 Å². The molecule has 3 heterocycles. The zero-order chi connectivity index (χ0) is 17.9. The summed E-state index contributed by atoms with van der Waals surface area (Å²) >= 11 is 5.97. The molecule has 0 radical (unpaired) electrons. The molecule has 1 fully saturated rings. The van der Waals surface area contributed by atoms with Gasteiger partial charge in [-0.05, 0) is 49.4 Å². The van der Waals surface area contributed by atoms with Gasteiger partial charge >= 0.3 is 0 Å². The summed E-state index contributed by atoms with van der Waals surface area (Å²) in [6.45, 7) is 0.541. The van der Waals surface area contributed by atoms with Crippen molar-refractivity contribution in [3.05, 3.63) is 53.1 Å². The molecule has 0 saturated heterocycles. The van der Waals surface area contributed by atoms with E-state index in [1.165, 1.54) is 19.3 Å². The molecular formula is C19H20ClN5O. The van der Waals surface area contributed by atoms with Crippen molar-refractivity contribution < 1.29 is 4.79 Å². The van der Waals surface area contributed by atoms with Gasteiger partial charge in [-0.25, -0.2) is 9.97 Å². The third kappa shape index (κ3) is 3.65. The van der Waals surface area contributed by atoms with Crippen LogP contribution in [0.2, 0.25) is 5.15 Å². The maximum absolute atomic E-state index is 12.4. The van der Waals surface area contributed by atoms with Crippen LogP contribution >= 0.6 is 11.6 Å². The molecule has 0 bridgehead atoms. The van der Waals surface area contributed by atoms with Gasteiger partial charge in [0.15, 0.2) is 0 Å². The highest BCUT2D eigenvalue weighted by Crippen LogP contribution is 2.23. The molecule has 0 unspecified atom stereocenters. The average Bonchev–Trinajstić information content (AvgIpc) is 3.00. The van der Waals surface area contributed by atoms with E-state index in [1.807, 2.05) is 18.3 Å². The molecule has 0 spiro atoms. The summed E-state index contributed by atoms with van der Waals surface area (Å²) in [6.07, 6.45) is 9.63. The zero-order valence-electron chi connectivity index (χ0n) is 14.3. The molecule has 0 atom stereocenters. The number of aromatic amines is 1. The lowest BCUT2D eigenvalue weighted by molar-refractivity contribution is 0.0954. The summed E-state index contributed by atoms with van der Waals surface area (Å²) < 4.78 is 0. The Hall–Kier alpha value is -2.60. The van der Waals surface area contributed by atoms with Crippen LogP contribution in [0.3, 0.4) is 0 Å². The Bertz CT molecular complexity index is 935. The van der Waals surface area contributed by atoms with Crippen molar-refractivity contribution in [2.45, 2.75) is 31.7 Å². The molecule has 0 aromatic carbocycles. The van der Waals surface area contributed by atoms with Crippen molar-refractivity contribution in [1.82, 2.24) is 20.3 Å². The number of hydrogen-bond acceptors (Lipinski definition) is 4. The first kappa shape index (κ1) is 16.8. The Balaban J connectivity index is 1.36. The van der Waals surface area contributed by atoms with Gasteiger partial charge in [0.1, 0.15) is 11.0 Å². The molecule has 1 aliphatic carbocycles. The van der Waals surface area contributed by atoms with Crippen molar-refractivity contribution in [2.24, 2.45) is 0 Å². The first-order valence-corrected chi connectivity index (χ1v) is 9.19. The van der Waals surface area contributed by atoms with Crippen LogP contribution in [0, 0.1) is 0 Å². The molecular weight excluding hydrogens is 350 g/mol. The van der Waals surface area contributed by atoms with Crippen LogP contribution in [-0.2, 0) is 6.42 Å². The van der Waals surface area contributed by atoms with E-state index in [2.05, 4.69) is 25.6 Å². The van der Waals surface area contributed by atoms with Gasteiger partial charge in [0.2, 0.25) is 0 Å². The van der Waals surface area contributed by atoms with E-state index in [-0.39, 0.29) is 5.91 Å². The fourth-order valence-corrected chi connectivity index (χ4v) is 3.24. The number of pyridine rings is 2. The number of fused-ring (bicyclic) bond motifs is 1. The summed E-state index contributed by atoms with van der Waals surface area (Å²) in [4.78, 5) is 23.9. The van der Waals surface area contributed by atoms with Gasteiger partial charge in [-0.15, -0.1) is 0 Å². The minimum Gasteiger partial charge on any atom is -0.367 e. The van der Waals surface area contributed by atoms with Crippen LogP contribution in [0.5, 0.6) is 0 Å². The molecule has 3 N–H and O–H groups in total. The average molecular weight is 370 g/mol. The lowest BCUT2D eigenvalue weighted by atomic mass is 9.93. The van der Waals surface area contributed by atoms with Crippen molar-refractivity contribution in [1.29, 1.82) is 0 Å². The van der Waals surface area contributed by atoms with Crippen LogP contribution in [0.25, 0.3) is 10.9 Å². The van der Waals surface area contributed by atoms with Crippen LogP contribution in [0.4, 0.5) is 5.82 Å². The van der Waals surface area contributed by atoms with E-state index in [4.69, 9.17) is 11.6 Å². The highest BCUT2D eigenvalue weighted by atomic mass is 35.5. The molecule has 3 aromatic rings. The molecule has 7 heteroatoms. The number of carbonyl (C=O) groups is 1. The maximum atomic E-state index is 12.4. The Morgan fingerprint density at radius 2 is 2.19 bits per heavy atom. The number of rotatable bonds is 6. The largest absolute Gasteiger partial charge is 0.367 e. The summed E-state index contributed by atoms with van der Waals surface area (Å²) in [7, 11) is 0. The van der Waals surface area contributed by atoms with Gasteiger partial charge < -0.3 is 15.6 Å². The van der Waals surface area contributed by atoms with Crippen LogP contribution in [0.1, 0.15) is 35.2 Å². The number of amides is 1. The Morgan fingerprint density at radius 1 is 1.31 bits per heavy atom. The van der Waals surface area contributed by atoms with Crippen LogP contribution < -0.4 is 10.6 Å². The van der Waals surface area contributed by atoms with Crippen molar-refractivity contribution >= 4 is 34.2 Å². The van der Waals surface area contributed by atoms with E-state index in [9.17, 15) is 4.79 Å². The van der Waals surface area contributed by atoms with E-state index >= 15 is 0 Å². The van der Waals surface area contributed by atoms with E-state index in [0.29, 0.717) is 29.7 Å². The number of anilines is 1. The quantitative estimate of drug-likeness (QED) is 0.580. The third-order valence-electron chi connectivity index (χ3n) is 4.78. The fourth-order valence-electron chi connectivity index (χ4n) is 3.09.